The standard InChI is InChI=1S/C17H22NO2.Cm/c19-17-10-11-18-16(17)12-20-15-8-6-14(7-9-15)13-4-2-1-3-5-13;/h1-5,14-16H,6-12H2;/q-1;. The third kappa shape index (κ3) is 3.67. The zero-order valence-electron chi connectivity index (χ0n) is 12.2. The predicted octanol–water partition coefficient (Wildman–Crippen LogP) is 3.44. The third-order valence-electron chi connectivity index (χ3n) is 4.51. The van der Waals surface area contributed by atoms with Crippen LogP contribution in [0, 0.1) is 0 Å². The van der Waals surface area contributed by atoms with Crippen LogP contribution < -0.4 is 0 Å². The van der Waals surface area contributed by atoms with Crippen LogP contribution in [0.2, 0.25) is 0 Å². The number of Topliss-reactive ketones (excluding diaryl/α,β-unsaturated/α-hetero) is 1. The fourth-order valence-corrected chi connectivity index (χ4v) is 3.26. The van der Waals surface area contributed by atoms with Crippen LogP contribution in [0.25, 0.3) is 5.32 Å². The molecule has 1 heterocycles. The first-order chi connectivity index (χ1) is 9.83. The normalized spacial score (nSPS) is 29.1. The van der Waals surface area contributed by atoms with E-state index < -0.39 is 0 Å². The van der Waals surface area contributed by atoms with E-state index in [9.17, 15) is 4.79 Å². The fourth-order valence-electron chi connectivity index (χ4n) is 3.26. The Morgan fingerprint density at radius 2 is 1.81 bits per heavy atom. The largest absolute Gasteiger partial charge is 0.651 e. The summed E-state index contributed by atoms with van der Waals surface area (Å²) in [6.45, 7) is 1.19. The molecule has 2 fully saturated rings. The van der Waals surface area contributed by atoms with Gasteiger partial charge >= 0.3 is 0 Å². The molecule has 1 atom stereocenters. The summed E-state index contributed by atoms with van der Waals surface area (Å²) < 4.78 is 5.91. The molecular formula is C17H22CmNO2-. The van der Waals surface area contributed by atoms with Gasteiger partial charge in [-0.1, -0.05) is 36.4 Å². The van der Waals surface area contributed by atoms with Gasteiger partial charge in [0.2, 0.25) is 0 Å². The zero-order chi connectivity index (χ0) is 13.8. The summed E-state index contributed by atoms with van der Waals surface area (Å²) in [6, 6.07) is 10.6. The second-order valence-corrected chi connectivity index (χ2v) is 5.86. The Hall–Kier alpha value is -2.19. The van der Waals surface area contributed by atoms with Crippen LogP contribution in [0.5, 0.6) is 0 Å². The number of hydrogen-bond donors (Lipinski definition) is 0. The van der Waals surface area contributed by atoms with Crippen LogP contribution in [0.3, 0.4) is 0 Å². The van der Waals surface area contributed by atoms with Gasteiger partial charge in [0.05, 0.1) is 6.10 Å². The molecule has 0 radical (unpaired) electrons. The molecule has 1 saturated heterocycles. The Balaban J connectivity index is 0.00000161. The minimum absolute atomic E-state index is 0. The smallest absolute Gasteiger partial charge is 0.116 e. The van der Waals surface area contributed by atoms with Crippen molar-refractivity contribution in [1.82, 2.24) is 0 Å². The summed E-state index contributed by atoms with van der Waals surface area (Å²) in [7, 11) is 0. The van der Waals surface area contributed by atoms with Crippen LogP contribution in [0.4, 0.5) is 0 Å². The summed E-state index contributed by atoms with van der Waals surface area (Å²) in [4.78, 5) is 11.5. The molecule has 2 aliphatic rings. The van der Waals surface area contributed by atoms with Gasteiger partial charge in [-0.15, -0.1) is 6.54 Å². The van der Waals surface area contributed by atoms with Crippen molar-refractivity contribution in [3.63, 3.8) is 0 Å². The molecule has 0 bridgehead atoms. The van der Waals surface area contributed by atoms with Gasteiger partial charge in [-0.3, -0.25) is 0 Å². The molecular weight excluding hydrogens is 497 g/mol. The summed E-state index contributed by atoms with van der Waals surface area (Å²) in [5.41, 5.74) is 1.45. The number of ether oxygens (including phenoxy) is 1. The maximum atomic E-state index is 11.5. The average Bonchev–Trinajstić information content (AvgIpc) is 2.92. The molecule has 4 heteroatoms. The van der Waals surface area contributed by atoms with Crippen LogP contribution in [-0.4, -0.2) is 31.1 Å². The maximum absolute atomic E-state index is 11.5. The van der Waals surface area contributed by atoms with Crippen molar-refractivity contribution in [2.75, 3.05) is 13.2 Å². The maximum Gasteiger partial charge on any atom is 0.116 e. The second-order valence-electron chi connectivity index (χ2n) is 5.86. The van der Waals surface area contributed by atoms with Crippen molar-refractivity contribution >= 4 is 5.78 Å². The van der Waals surface area contributed by atoms with Crippen molar-refractivity contribution in [3.8, 4) is 0 Å². The zero-order valence-corrected chi connectivity index (χ0v) is 15.1. The number of hydrogen-bond acceptors (Lipinski definition) is 2. The average molecular weight is 519 g/mol. The first-order valence-corrected chi connectivity index (χ1v) is 7.69. The molecule has 0 aromatic heterocycles. The summed E-state index contributed by atoms with van der Waals surface area (Å²) in [5, 5.41) is 4.29. The van der Waals surface area contributed by atoms with Gasteiger partial charge < -0.3 is 14.8 Å². The third-order valence-corrected chi connectivity index (χ3v) is 4.51. The van der Waals surface area contributed by atoms with E-state index in [4.69, 9.17) is 4.74 Å². The van der Waals surface area contributed by atoms with Crippen molar-refractivity contribution in [3.05, 3.63) is 41.2 Å². The minimum atomic E-state index is -0.179. The number of carbonyl (C=O) groups excluding carboxylic acids is 1. The molecule has 1 aromatic rings. The number of ketones is 1. The van der Waals surface area contributed by atoms with E-state index in [-0.39, 0.29) is 11.8 Å². The summed E-state index contributed by atoms with van der Waals surface area (Å²) in [6.07, 6.45) is 5.49. The molecule has 1 unspecified atom stereocenters. The molecule has 1 aliphatic heterocycles. The van der Waals surface area contributed by atoms with Gasteiger partial charge in [0.25, 0.3) is 0 Å². The van der Waals surface area contributed by atoms with Gasteiger partial charge in [0.15, 0.2) is 0 Å². The van der Waals surface area contributed by atoms with Gasteiger partial charge in [-0.05, 0) is 43.6 Å². The Morgan fingerprint density at radius 3 is 2.43 bits per heavy atom. The molecule has 0 N–H and O–H groups in total. The van der Waals surface area contributed by atoms with Crippen molar-refractivity contribution in [1.29, 1.82) is 0 Å². The topological polar surface area (TPSA) is 40.4 Å². The van der Waals surface area contributed by atoms with E-state index in [0.717, 1.165) is 12.8 Å². The van der Waals surface area contributed by atoms with Crippen LogP contribution in [-0.2, 0) is 9.53 Å². The molecule has 1 saturated carbocycles. The number of nitrogens with zero attached hydrogens (tertiary/aromatic N) is 1. The van der Waals surface area contributed by atoms with Crippen molar-refractivity contribution < 1.29 is 9.53 Å². The van der Waals surface area contributed by atoms with Crippen molar-refractivity contribution in [2.45, 2.75) is 50.2 Å². The first-order valence-electron chi connectivity index (χ1n) is 7.69. The van der Waals surface area contributed by atoms with Crippen LogP contribution in [0.15, 0.2) is 30.3 Å². The van der Waals surface area contributed by atoms with Crippen LogP contribution in [0.1, 0.15) is 43.6 Å². The summed E-state index contributed by atoms with van der Waals surface area (Å²) in [5.74, 6) is 0.928. The Bertz CT molecular complexity index is 443. The quantitative estimate of drug-likeness (QED) is 0.612. The van der Waals surface area contributed by atoms with Gasteiger partial charge in [0.1, 0.15) is 5.78 Å². The van der Waals surface area contributed by atoms with Gasteiger partial charge in [-0.2, -0.15) is 0 Å². The SMILES string of the molecule is O=C1CC[N-]C1COC1CCC(c2ccccc2)CC1.[Cm]. The van der Waals surface area contributed by atoms with E-state index in [1.807, 2.05) is 0 Å². The Labute approximate surface area is 120 Å². The molecule has 3 nitrogen and oxygen atoms in total. The van der Waals surface area contributed by atoms with E-state index >= 15 is 0 Å². The minimum Gasteiger partial charge on any atom is -0.651 e. The summed E-state index contributed by atoms with van der Waals surface area (Å²) >= 11 is 0. The van der Waals surface area contributed by atoms with Gasteiger partial charge in [0, 0.05) is 6.61 Å². The molecule has 0 spiro atoms. The molecule has 3 rings (SSSR count). The predicted molar refractivity (Wildman–Crippen MR) is 79.0 cm³/mol. The van der Waals surface area contributed by atoms with Crippen LogP contribution >= 0.6 is 0 Å². The second kappa shape index (κ2) is 7.00. The van der Waals surface area contributed by atoms with Gasteiger partial charge in [-0.25, -0.2) is 0 Å². The van der Waals surface area contributed by atoms with Crippen molar-refractivity contribution in [2.24, 2.45) is 0 Å². The fraction of sp³-hybridized carbons (Fsp3) is 0.588. The van der Waals surface area contributed by atoms with E-state index in [0.29, 0.717) is 31.6 Å². The number of carbonyl (C=O) groups is 1. The molecule has 0 amide bonds. The number of rotatable bonds is 4. The monoisotopic (exact) mass is 515 g/mol. The first kappa shape index (κ1) is 15.2. The van der Waals surface area contributed by atoms with E-state index in [1.54, 1.807) is 0 Å². The molecule has 1 aromatic carbocycles. The molecule has 116 valence electrons. The number of benzene rings is 1. The molecule has 21 heavy (non-hydrogen) atoms. The van der Waals surface area contributed by atoms with E-state index in [1.165, 1.54) is 18.4 Å². The Kier molecular flexibility index (Phi) is 5.07. The Morgan fingerprint density at radius 1 is 1.10 bits per heavy atom. The molecule has 1 aliphatic carbocycles. The van der Waals surface area contributed by atoms with E-state index in [2.05, 4.69) is 35.6 Å².